The molecule has 0 bridgehead atoms. The zero-order valence-corrected chi connectivity index (χ0v) is 12.3. The van der Waals surface area contributed by atoms with Crippen molar-refractivity contribution in [2.75, 3.05) is 26.2 Å². The quantitative estimate of drug-likeness (QED) is 0.796. The number of carboxylic acids is 1. The van der Waals surface area contributed by atoms with Crippen molar-refractivity contribution in [2.24, 2.45) is 5.92 Å². The first-order valence-electron chi connectivity index (χ1n) is 7.79. The molecular formula is C15H28N2O2. The normalized spacial score (nSPS) is 32.7. The van der Waals surface area contributed by atoms with Gasteiger partial charge in [0.05, 0.1) is 0 Å². The Hall–Kier alpha value is -0.610. The van der Waals surface area contributed by atoms with E-state index in [2.05, 4.69) is 16.7 Å². The van der Waals surface area contributed by atoms with Crippen LogP contribution in [0.25, 0.3) is 0 Å². The zero-order chi connectivity index (χ0) is 13.8. The summed E-state index contributed by atoms with van der Waals surface area (Å²) in [4.78, 5) is 15.7. The molecule has 0 radical (unpaired) electrons. The van der Waals surface area contributed by atoms with Gasteiger partial charge in [-0.25, -0.2) is 0 Å². The highest BCUT2D eigenvalue weighted by atomic mass is 16.4. The first-order chi connectivity index (χ1) is 9.08. The number of aliphatic carboxylic acids is 1. The monoisotopic (exact) mass is 268 g/mol. The second-order valence-corrected chi connectivity index (χ2v) is 6.35. The van der Waals surface area contributed by atoms with Crippen LogP contribution >= 0.6 is 0 Å². The topological polar surface area (TPSA) is 43.8 Å². The summed E-state index contributed by atoms with van der Waals surface area (Å²) in [6, 6.07) is 0.406. The van der Waals surface area contributed by atoms with Crippen molar-refractivity contribution in [1.29, 1.82) is 0 Å². The van der Waals surface area contributed by atoms with Crippen LogP contribution in [0.1, 0.15) is 46.0 Å². The minimum absolute atomic E-state index is 0.337. The van der Waals surface area contributed by atoms with Crippen LogP contribution in [0.3, 0.4) is 0 Å². The van der Waals surface area contributed by atoms with Gasteiger partial charge in [-0.15, -0.1) is 0 Å². The molecule has 2 fully saturated rings. The van der Waals surface area contributed by atoms with Crippen LogP contribution in [0.5, 0.6) is 0 Å². The summed E-state index contributed by atoms with van der Waals surface area (Å²) in [5.74, 6) is 0.190. The summed E-state index contributed by atoms with van der Waals surface area (Å²) in [7, 11) is 0. The van der Waals surface area contributed by atoms with Crippen molar-refractivity contribution in [2.45, 2.75) is 58.0 Å². The molecule has 2 rings (SSSR count). The fraction of sp³-hybridized carbons (Fsp3) is 0.933. The Balaban J connectivity index is 1.81. The van der Waals surface area contributed by atoms with E-state index in [-0.39, 0.29) is 6.04 Å². The fourth-order valence-electron chi connectivity index (χ4n) is 3.48. The number of carboxylic acid groups (broad SMARTS) is 1. The second-order valence-electron chi connectivity index (χ2n) is 6.35. The molecular weight excluding hydrogens is 240 g/mol. The molecule has 1 saturated carbocycles. The Morgan fingerprint density at radius 2 is 1.79 bits per heavy atom. The van der Waals surface area contributed by atoms with E-state index in [4.69, 9.17) is 5.11 Å². The SMILES string of the molecule is CC1CCCC(N2CCN(C(C)C(=O)O)CC2)CC1. The van der Waals surface area contributed by atoms with E-state index in [1.165, 1.54) is 32.1 Å². The number of piperazine rings is 1. The molecule has 0 aromatic heterocycles. The van der Waals surface area contributed by atoms with Gasteiger partial charge < -0.3 is 5.11 Å². The van der Waals surface area contributed by atoms with Gasteiger partial charge in [0.2, 0.25) is 0 Å². The average Bonchev–Trinajstić information content (AvgIpc) is 2.63. The van der Waals surface area contributed by atoms with E-state index in [1.807, 2.05) is 0 Å². The lowest BCUT2D eigenvalue weighted by Crippen LogP contribution is -2.54. The van der Waals surface area contributed by atoms with Gasteiger partial charge in [0.15, 0.2) is 0 Å². The van der Waals surface area contributed by atoms with Crippen molar-refractivity contribution in [3.05, 3.63) is 0 Å². The van der Waals surface area contributed by atoms with Crippen LogP contribution in [-0.4, -0.2) is 59.1 Å². The summed E-state index contributed by atoms with van der Waals surface area (Å²) in [5.41, 5.74) is 0. The lowest BCUT2D eigenvalue weighted by molar-refractivity contribution is -0.143. The molecule has 110 valence electrons. The lowest BCUT2D eigenvalue weighted by atomic mass is 10.0. The third-order valence-electron chi connectivity index (χ3n) is 5.00. The van der Waals surface area contributed by atoms with Crippen LogP contribution in [0, 0.1) is 5.92 Å². The van der Waals surface area contributed by atoms with Gasteiger partial charge >= 0.3 is 5.97 Å². The number of rotatable bonds is 3. The second kappa shape index (κ2) is 6.71. The van der Waals surface area contributed by atoms with Crippen molar-refractivity contribution in [1.82, 2.24) is 9.80 Å². The van der Waals surface area contributed by atoms with Crippen LogP contribution in [0.15, 0.2) is 0 Å². The summed E-state index contributed by atoms with van der Waals surface area (Å²) < 4.78 is 0. The van der Waals surface area contributed by atoms with Crippen LogP contribution in [-0.2, 0) is 4.79 Å². The van der Waals surface area contributed by atoms with Gasteiger partial charge in [0.25, 0.3) is 0 Å². The van der Waals surface area contributed by atoms with Gasteiger partial charge in [-0.2, -0.15) is 0 Å². The highest BCUT2D eigenvalue weighted by Crippen LogP contribution is 2.26. The number of hydrogen-bond donors (Lipinski definition) is 1. The third-order valence-corrected chi connectivity index (χ3v) is 5.00. The van der Waals surface area contributed by atoms with Gasteiger partial charge in [-0.05, 0) is 32.1 Å². The highest BCUT2D eigenvalue weighted by Gasteiger charge is 2.29. The van der Waals surface area contributed by atoms with Crippen LogP contribution < -0.4 is 0 Å². The molecule has 2 aliphatic rings. The molecule has 1 aliphatic carbocycles. The van der Waals surface area contributed by atoms with E-state index in [0.29, 0.717) is 0 Å². The maximum absolute atomic E-state index is 11.0. The Kier molecular flexibility index (Phi) is 5.22. The molecule has 3 unspecified atom stereocenters. The number of hydrogen-bond acceptors (Lipinski definition) is 3. The first kappa shape index (κ1) is 14.8. The smallest absolute Gasteiger partial charge is 0.320 e. The van der Waals surface area contributed by atoms with E-state index in [9.17, 15) is 4.79 Å². The Bertz CT molecular complexity index is 301. The Morgan fingerprint density at radius 1 is 1.11 bits per heavy atom. The summed E-state index contributed by atoms with van der Waals surface area (Å²) in [6.07, 6.45) is 6.76. The maximum Gasteiger partial charge on any atom is 0.320 e. The van der Waals surface area contributed by atoms with Gasteiger partial charge in [-0.1, -0.05) is 19.8 Å². The summed E-state index contributed by atoms with van der Waals surface area (Å²) >= 11 is 0. The molecule has 1 heterocycles. The van der Waals surface area contributed by atoms with Gasteiger partial charge in [0, 0.05) is 32.2 Å². The zero-order valence-electron chi connectivity index (χ0n) is 12.3. The molecule has 4 heteroatoms. The number of nitrogens with zero attached hydrogens (tertiary/aromatic N) is 2. The van der Waals surface area contributed by atoms with Crippen LogP contribution in [0.2, 0.25) is 0 Å². The molecule has 1 saturated heterocycles. The molecule has 0 aromatic carbocycles. The van der Waals surface area contributed by atoms with E-state index in [0.717, 1.165) is 38.1 Å². The van der Waals surface area contributed by atoms with Crippen LogP contribution in [0.4, 0.5) is 0 Å². The predicted molar refractivity (Wildman–Crippen MR) is 76.3 cm³/mol. The minimum atomic E-state index is -0.697. The third kappa shape index (κ3) is 3.93. The van der Waals surface area contributed by atoms with Gasteiger partial charge in [-0.3, -0.25) is 14.6 Å². The Labute approximate surface area is 116 Å². The molecule has 0 amide bonds. The molecule has 0 aromatic rings. The average molecular weight is 268 g/mol. The fourth-order valence-corrected chi connectivity index (χ4v) is 3.48. The molecule has 4 nitrogen and oxygen atoms in total. The van der Waals surface area contributed by atoms with Crippen molar-refractivity contribution in [3.63, 3.8) is 0 Å². The standard InChI is InChI=1S/C15H28N2O2/c1-12-4-3-5-14(7-6-12)17-10-8-16(9-11-17)13(2)15(18)19/h12-14H,3-11H2,1-2H3,(H,18,19). The molecule has 3 atom stereocenters. The van der Waals surface area contributed by atoms with E-state index < -0.39 is 5.97 Å². The predicted octanol–water partition coefficient (Wildman–Crippen LogP) is 2.05. The molecule has 19 heavy (non-hydrogen) atoms. The molecule has 1 N–H and O–H groups in total. The largest absolute Gasteiger partial charge is 0.480 e. The van der Waals surface area contributed by atoms with E-state index in [1.54, 1.807) is 6.92 Å². The lowest BCUT2D eigenvalue weighted by Gasteiger charge is -2.40. The molecule has 1 aliphatic heterocycles. The maximum atomic E-state index is 11.0. The van der Waals surface area contributed by atoms with Gasteiger partial charge in [0.1, 0.15) is 6.04 Å². The molecule has 0 spiro atoms. The first-order valence-corrected chi connectivity index (χ1v) is 7.79. The minimum Gasteiger partial charge on any atom is -0.480 e. The van der Waals surface area contributed by atoms with Crippen molar-refractivity contribution >= 4 is 5.97 Å². The van der Waals surface area contributed by atoms with E-state index >= 15 is 0 Å². The summed E-state index contributed by atoms with van der Waals surface area (Å²) in [5, 5.41) is 9.06. The van der Waals surface area contributed by atoms with Crippen molar-refractivity contribution in [3.8, 4) is 0 Å². The number of carbonyl (C=O) groups is 1. The highest BCUT2D eigenvalue weighted by molar-refractivity contribution is 5.72. The Morgan fingerprint density at radius 3 is 2.42 bits per heavy atom. The summed E-state index contributed by atoms with van der Waals surface area (Å²) in [6.45, 7) is 8.05. The van der Waals surface area contributed by atoms with Crippen molar-refractivity contribution < 1.29 is 9.90 Å².